The van der Waals surface area contributed by atoms with Gasteiger partial charge in [0.1, 0.15) is 10.7 Å². The molecule has 1 aromatic heterocycles. The lowest BCUT2D eigenvalue weighted by atomic mass is 10.0. The number of nitrogens with one attached hydrogen (secondary N) is 1. The molecule has 1 fully saturated rings. The molecule has 4 rings (SSSR count). The number of carbonyl (C=O) groups is 1. The van der Waals surface area contributed by atoms with Crippen LogP contribution in [0.2, 0.25) is 0 Å². The molecule has 1 N–H and O–H groups in total. The average molecular weight is 439 g/mol. The molecule has 162 valence electrons. The predicted molar refractivity (Wildman–Crippen MR) is 121 cm³/mol. The van der Waals surface area contributed by atoms with Crippen molar-refractivity contribution in [2.45, 2.75) is 39.2 Å². The smallest absolute Gasteiger partial charge is 0.285 e. The maximum atomic E-state index is 12.8. The molecule has 0 bridgehead atoms. The van der Waals surface area contributed by atoms with Gasteiger partial charge in [0.15, 0.2) is 0 Å². The van der Waals surface area contributed by atoms with E-state index in [-0.39, 0.29) is 16.9 Å². The number of likely N-dealkylation sites (tertiary alicyclic amines) is 1. The molecular weight excluding hydrogens is 412 g/mol. The van der Waals surface area contributed by atoms with E-state index in [9.17, 15) is 13.2 Å². The largest absolute Gasteiger partial charge is 0.356 e. The maximum Gasteiger partial charge on any atom is 0.285 e. The Morgan fingerprint density at radius 1 is 1.16 bits per heavy atom. The highest BCUT2D eigenvalue weighted by molar-refractivity contribution is 8.00. The van der Waals surface area contributed by atoms with Crippen LogP contribution in [0.25, 0.3) is 4.91 Å². The summed E-state index contributed by atoms with van der Waals surface area (Å²) in [6, 6.07) is 11.1. The second-order valence-electron chi connectivity index (χ2n) is 7.87. The van der Waals surface area contributed by atoms with Gasteiger partial charge in [-0.3, -0.25) is 9.78 Å². The minimum atomic E-state index is -3.73. The second kappa shape index (κ2) is 8.63. The third-order valence-electron chi connectivity index (χ3n) is 5.82. The number of sulfonamides is 1. The topological polar surface area (TPSA) is 91.7 Å². The van der Waals surface area contributed by atoms with Gasteiger partial charge < -0.3 is 10.2 Å². The number of aromatic nitrogens is 1. The number of benzene rings is 1. The molecule has 1 saturated heterocycles. The standard InChI is InChI=1S/C23H26N4O3S/c1-3-17-6-8-18(9-7-17)21-16(2)22(26-31(21,29)30)27-13-10-20(11-14-27)25-23(28)19-5-4-12-24-15-19/h4-9,12,15,20H,3,10-11,13-14H2,1-2H3,(H,25,28). The van der Waals surface area contributed by atoms with E-state index in [2.05, 4.69) is 21.6 Å². The Balaban J connectivity index is 1.45. The van der Waals surface area contributed by atoms with Crippen molar-refractivity contribution in [1.29, 1.82) is 0 Å². The van der Waals surface area contributed by atoms with E-state index in [1.165, 1.54) is 0 Å². The minimum absolute atomic E-state index is 0.0351. The van der Waals surface area contributed by atoms with Gasteiger partial charge in [-0.2, -0.15) is 8.42 Å². The van der Waals surface area contributed by atoms with Crippen LogP contribution < -0.4 is 5.32 Å². The maximum absolute atomic E-state index is 12.8. The molecule has 31 heavy (non-hydrogen) atoms. The number of piperidine rings is 1. The van der Waals surface area contributed by atoms with Crippen LogP contribution in [0, 0.1) is 0 Å². The number of hydrogen-bond donors (Lipinski definition) is 1. The van der Waals surface area contributed by atoms with Crippen molar-refractivity contribution in [3.63, 3.8) is 0 Å². The Kier molecular flexibility index (Phi) is 5.91. The summed E-state index contributed by atoms with van der Waals surface area (Å²) in [5, 5.41) is 3.04. The monoisotopic (exact) mass is 438 g/mol. The lowest BCUT2D eigenvalue weighted by Crippen LogP contribution is -2.46. The number of rotatable bonds is 4. The number of amidine groups is 1. The zero-order valence-corrected chi connectivity index (χ0v) is 18.5. The van der Waals surface area contributed by atoms with Crippen LogP contribution in [-0.4, -0.2) is 49.2 Å². The van der Waals surface area contributed by atoms with Crippen molar-refractivity contribution in [1.82, 2.24) is 15.2 Å². The fourth-order valence-electron chi connectivity index (χ4n) is 4.08. The lowest BCUT2D eigenvalue weighted by Gasteiger charge is -2.33. The van der Waals surface area contributed by atoms with Gasteiger partial charge in [0.25, 0.3) is 15.9 Å². The Bertz CT molecular complexity index is 1130. The second-order valence-corrected chi connectivity index (χ2v) is 9.41. The SMILES string of the molecule is CCc1ccc(C2=C(C)C(N3CCC(NC(=O)c4cccnc4)CC3)=NS2(=O)=O)cc1. The van der Waals surface area contributed by atoms with Gasteiger partial charge in [0, 0.05) is 37.1 Å². The highest BCUT2D eigenvalue weighted by atomic mass is 32.2. The first-order valence-corrected chi connectivity index (χ1v) is 11.9. The normalized spacial score (nSPS) is 18.8. The molecule has 0 aliphatic carbocycles. The molecule has 0 saturated carbocycles. The Morgan fingerprint density at radius 2 is 1.87 bits per heavy atom. The fourth-order valence-corrected chi connectivity index (χ4v) is 5.56. The summed E-state index contributed by atoms with van der Waals surface area (Å²) in [7, 11) is -3.73. The van der Waals surface area contributed by atoms with Crippen LogP contribution in [0.15, 0.2) is 58.8 Å². The first-order chi connectivity index (χ1) is 14.9. The zero-order chi connectivity index (χ0) is 22.0. The van der Waals surface area contributed by atoms with E-state index in [1.54, 1.807) is 24.5 Å². The molecule has 7 nitrogen and oxygen atoms in total. The van der Waals surface area contributed by atoms with E-state index < -0.39 is 10.0 Å². The average Bonchev–Trinajstić information content (AvgIpc) is 3.03. The number of aryl methyl sites for hydroxylation is 1. The molecule has 8 heteroatoms. The van der Waals surface area contributed by atoms with Gasteiger partial charge >= 0.3 is 0 Å². The van der Waals surface area contributed by atoms with E-state index in [0.29, 0.717) is 35.6 Å². The molecule has 1 amide bonds. The summed E-state index contributed by atoms with van der Waals surface area (Å²) in [6.45, 7) is 5.15. The summed E-state index contributed by atoms with van der Waals surface area (Å²) in [4.78, 5) is 18.6. The Morgan fingerprint density at radius 3 is 2.48 bits per heavy atom. The molecule has 2 aliphatic heterocycles. The van der Waals surface area contributed by atoms with E-state index in [4.69, 9.17) is 0 Å². The van der Waals surface area contributed by atoms with Crippen molar-refractivity contribution in [3.8, 4) is 0 Å². The van der Waals surface area contributed by atoms with Crippen molar-refractivity contribution in [2.24, 2.45) is 4.40 Å². The summed E-state index contributed by atoms with van der Waals surface area (Å²) in [5.41, 5.74) is 3.05. The number of pyridine rings is 1. The molecule has 2 aliphatic rings. The predicted octanol–water partition coefficient (Wildman–Crippen LogP) is 3.01. The first-order valence-electron chi connectivity index (χ1n) is 10.5. The third kappa shape index (κ3) is 4.39. The Labute approximate surface area is 183 Å². The van der Waals surface area contributed by atoms with E-state index in [0.717, 1.165) is 24.8 Å². The Hall–Kier alpha value is -3.00. The molecule has 3 heterocycles. The molecule has 0 atom stereocenters. The van der Waals surface area contributed by atoms with Gasteiger partial charge in [-0.15, -0.1) is 4.40 Å². The van der Waals surface area contributed by atoms with E-state index in [1.807, 2.05) is 36.1 Å². The van der Waals surface area contributed by atoms with Crippen LogP contribution in [-0.2, 0) is 16.4 Å². The van der Waals surface area contributed by atoms with Gasteiger partial charge in [-0.1, -0.05) is 31.2 Å². The van der Waals surface area contributed by atoms with Crippen LogP contribution in [0.5, 0.6) is 0 Å². The zero-order valence-electron chi connectivity index (χ0n) is 17.7. The molecule has 1 aromatic carbocycles. The summed E-state index contributed by atoms with van der Waals surface area (Å²) in [6.07, 6.45) is 5.52. The van der Waals surface area contributed by atoms with Crippen LogP contribution >= 0.6 is 0 Å². The van der Waals surface area contributed by atoms with E-state index >= 15 is 0 Å². The summed E-state index contributed by atoms with van der Waals surface area (Å²) >= 11 is 0. The van der Waals surface area contributed by atoms with Crippen molar-refractivity contribution in [3.05, 3.63) is 71.1 Å². The van der Waals surface area contributed by atoms with Crippen molar-refractivity contribution < 1.29 is 13.2 Å². The fraction of sp³-hybridized carbons (Fsp3) is 0.348. The van der Waals surface area contributed by atoms with Crippen LogP contribution in [0.4, 0.5) is 0 Å². The highest BCUT2D eigenvalue weighted by Gasteiger charge is 2.35. The van der Waals surface area contributed by atoms with Gasteiger partial charge in [0.05, 0.1) is 5.56 Å². The molecule has 0 spiro atoms. The number of carbonyl (C=O) groups excluding carboxylic acids is 1. The van der Waals surface area contributed by atoms with Gasteiger partial charge in [0.2, 0.25) is 0 Å². The number of nitrogens with zero attached hydrogens (tertiary/aromatic N) is 3. The van der Waals surface area contributed by atoms with Crippen LogP contribution in [0.1, 0.15) is 48.2 Å². The highest BCUT2D eigenvalue weighted by Crippen LogP contribution is 2.34. The van der Waals surface area contributed by atoms with Crippen molar-refractivity contribution in [2.75, 3.05) is 13.1 Å². The minimum Gasteiger partial charge on any atom is -0.356 e. The van der Waals surface area contributed by atoms with Gasteiger partial charge in [-0.05, 0) is 49.4 Å². The lowest BCUT2D eigenvalue weighted by molar-refractivity contribution is 0.0922. The molecule has 0 unspecified atom stereocenters. The number of hydrogen-bond acceptors (Lipinski definition) is 5. The quantitative estimate of drug-likeness (QED) is 0.792. The van der Waals surface area contributed by atoms with Crippen LogP contribution in [0.3, 0.4) is 0 Å². The number of amides is 1. The summed E-state index contributed by atoms with van der Waals surface area (Å²) < 4.78 is 29.7. The first kappa shape index (κ1) is 21.2. The van der Waals surface area contributed by atoms with Crippen molar-refractivity contribution >= 4 is 26.7 Å². The third-order valence-corrected chi connectivity index (χ3v) is 7.29. The van der Waals surface area contributed by atoms with Gasteiger partial charge in [-0.25, -0.2) is 0 Å². The summed E-state index contributed by atoms with van der Waals surface area (Å²) in [5.74, 6) is 0.382. The molecular formula is C23H26N4O3S. The molecule has 2 aromatic rings. The molecule has 0 radical (unpaired) electrons.